The van der Waals surface area contributed by atoms with E-state index in [-0.39, 0.29) is 29.4 Å². The Morgan fingerprint density at radius 2 is 1.76 bits per heavy atom. The van der Waals surface area contributed by atoms with Crippen molar-refractivity contribution < 1.29 is 35.8 Å². The van der Waals surface area contributed by atoms with Gasteiger partial charge in [0.15, 0.2) is 0 Å². The van der Waals surface area contributed by atoms with Crippen LogP contribution in [0.3, 0.4) is 0 Å². The minimum atomic E-state index is -4.70. The van der Waals surface area contributed by atoms with Gasteiger partial charge in [0.2, 0.25) is 0 Å². The largest absolute Gasteiger partial charge is 0.416 e. The second kappa shape index (κ2) is 11.0. The molecule has 3 nitrogen and oxygen atoms in total. The third kappa shape index (κ3) is 6.69. The first-order chi connectivity index (χ1) is 17.4. The molecule has 0 saturated heterocycles. The van der Waals surface area contributed by atoms with Gasteiger partial charge in [-0.2, -0.15) is 26.3 Å². The average molecular weight is 589 g/mol. The number of aliphatic hydroxyl groups is 1. The Hall–Kier alpha value is -1.75. The van der Waals surface area contributed by atoms with Crippen LogP contribution in [0.4, 0.5) is 36.4 Å². The topological polar surface area (TPSA) is 35.5 Å². The van der Waals surface area contributed by atoms with Crippen LogP contribution in [0.25, 0.3) is 0 Å². The molecule has 3 rings (SSSR count). The quantitative estimate of drug-likeness (QED) is 0.137. The summed E-state index contributed by atoms with van der Waals surface area (Å²) in [6.45, 7) is 4.28. The number of nitrogens with zero attached hydrogens (tertiary/aromatic N) is 1. The Morgan fingerprint density at radius 1 is 1.13 bits per heavy atom. The zero-order chi connectivity index (χ0) is 28.8. The van der Waals surface area contributed by atoms with Crippen LogP contribution in [0.5, 0.6) is 0 Å². The van der Waals surface area contributed by atoms with Crippen molar-refractivity contribution in [3.05, 3.63) is 63.4 Å². The maximum atomic E-state index is 13.9. The molecule has 1 aliphatic rings. The van der Waals surface area contributed by atoms with E-state index in [9.17, 15) is 35.8 Å². The van der Waals surface area contributed by atoms with E-state index in [0.717, 1.165) is 6.07 Å². The summed E-state index contributed by atoms with van der Waals surface area (Å²) < 4.78 is 92.8. The molecule has 0 heterocycles. The first-order valence-electron chi connectivity index (χ1n) is 11.9. The smallest absolute Gasteiger partial charge is 0.373 e. The van der Waals surface area contributed by atoms with Crippen molar-refractivity contribution in [1.82, 2.24) is 5.32 Å². The van der Waals surface area contributed by atoms with E-state index in [0.29, 0.717) is 11.1 Å². The first-order valence-corrected chi connectivity index (χ1v) is 12.7. The van der Waals surface area contributed by atoms with Gasteiger partial charge in [-0.15, -0.1) is 11.6 Å². The average Bonchev–Trinajstić information content (AvgIpc) is 3.37. The lowest BCUT2D eigenvalue weighted by atomic mass is 9.91. The fourth-order valence-corrected chi connectivity index (χ4v) is 5.63. The number of anilines is 1. The summed E-state index contributed by atoms with van der Waals surface area (Å²) in [5.41, 5.74) is 0.00664. The lowest BCUT2D eigenvalue weighted by molar-refractivity contribution is -0.138. The molecule has 212 valence electrons. The number of alkyl halides is 7. The van der Waals surface area contributed by atoms with Gasteiger partial charge in [0.05, 0.1) is 21.9 Å². The molecule has 0 aromatic heterocycles. The van der Waals surface area contributed by atoms with E-state index in [2.05, 4.69) is 5.32 Å². The van der Waals surface area contributed by atoms with Gasteiger partial charge in [-0.05, 0) is 60.7 Å². The summed E-state index contributed by atoms with van der Waals surface area (Å²) in [6.07, 6.45) is -11.4. The Bertz CT molecular complexity index is 1150. The van der Waals surface area contributed by atoms with Crippen LogP contribution in [0.2, 0.25) is 5.02 Å². The standard InChI is InChI=1S/C26H29Cl2F7N2O/c1-13(12-36-8-7-25(30,31)32)17-10-16(11-18(14(17)2)26(33,34)35)37(4)23(38)22-21(24(22,3)28)15-5-6-20(29)19(27)9-15/h5-6,9-11,13,21-23,36,38H,7-8,12H2,1-4H3/t13?,21-,22?,23?,24?/m1/s1. The molecule has 1 aliphatic carbocycles. The highest BCUT2D eigenvalue weighted by atomic mass is 35.5. The fraction of sp³-hybridized carbons (Fsp3) is 0.538. The van der Waals surface area contributed by atoms with E-state index in [1.807, 2.05) is 0 Å². The number of hydrogen-bond acceptors (Lipinski definition) is 3. The summed E-state index contributed by atoms with van der Waals surface area (Å²) in [7, 11) is 1.44. The highest BCUT2D eigenvalue weighted by Crippen LogP contribution is 2.64. The Kier molecular flexibility index (Phi) is 8.93. The van der Waals surface area contributed by atoms with Crippen molar-refractivity contribution in [2.24, 2.45) is 5.92 Å². The summed E-state index contributed by atoms with van der Waals surface area (Å²) >= 11 is 12.5. The first kappa shape index (κ1) is 30.8. The molecule has 2 aromatic rings. The summed E-state index contributed by atoms with van der Waals surface area (Å²) in [5, 5.41) is 13.7. The highest BCUT2D eigenvalue weighted by Gasteiger charge is 2.65. The summed E-state index contributed by atoms with van der Waals surface area (Å²) in [6, 6.07) is 6.53. The van der Waals surface area contributed by atoms with E-state index < -0.39 is 59.0 Å². The summed E-state index contributed by atoms with van der Waals surface area (Å²) in [4.78, 5) is 0.323. The van der Waals surface area contributed by atoms with Gasteiger partial charge < -0.3 is 15.3 Å². The number of benzene rings is 2. The van der Waals surface area contributed by atoms with Gasteiger partial charge in [0.25, 0.3) is 0 Å². The fourth-order valence-electron chi connectivity index (χ4n) is 5.00. The van der Waals surface area contributed by atoms with Crippen LogP contribution >= 0.6 is 23.2 Å². The van der Waals surface area contributed by atoms with E-state index in [1.54, 1.807) is 13.8 Å². The zero-order valence-electron chi connectivity index (χ0n) is 21.1. The maximum Gasteiger partial charge on any atom is 0.416 e. The second-order valence-corrected chi connectivity index (χ2v) is 11.3. The van der Waals surface area contributed by atoms with Gasteiger partial charge in [-0.1, -0.05) is 24.6 Å². The van der Waals surface area contributed by atoms with Crippen molar-refractivity contribution >= 4 is 28.9 Å². The van der Waals surface area contributed by atoms with Gasteiger partial charge in [-0.3, -0.25) is 0 Å². The van der Waals surface area contributed by atoms with Crippen molar-refractivity contribution in [3.63, 3.8) is 0 Å². The molecule has 1 saturated carbocycles. The molecule has 0 radical (unpaired) electrons. The Labute approximate surface area is 226 Å². The van der Waals surface area contributed by atoms with Crippen molar-refractivity contribution in [3.8, 4) is 0 Å². The van der Waals surface area contributed by atoms with Gasteiger partial charge in [0, 0.05) is 37.7 Å². The van der Waals surface area contributed by atoms with Gasteiger partial charge in [0.1, 0.15) is 12.0 Å². The van der Waals surface area contributed by atoms with Crippen molar-refractivity contribution in [2.45, 2.75) is 62.5 Å². The molecule has 0 aliphatic heterocycles. The van der Waals surface area contributed by atoms with E-state index in [4.69, 9.17) is 23.2 Å². The Morgan fingerprint density at radius 3 is 2.32 bits per heavy atom. The van der Waals surface area contributed by atoms with E-state index >= 15 is 0 Å². The van der Waals surface area contributed by atoms with Gasteiger partial charge in [-0.25, -0.2) is 4.39 Å². The predicted molar refractivity (Wildman–Crippen MR) is 134 cm³/mol. The molecule has 38 heavy (non-hydrogen) atoms. The zero-order valence-corrected chi connectivity index (χ0v) is 22.6. The molecule has 2 N–H and O–H groups in total. The summed E-state index contributed by atoms with van der Waals surface area (Å²) in [5.74, 6) is -2.22. The normalized spacial score (nSPS) is 23.3. The molecule has 12 heteroatoms. The molecule has 0 amide bonds. The maximum absolute atomic E-state index is 13.9. The lowest BCUT2D eigenvalue weighted by Crippen LogP contribution is -2.35. The third-order valence-corrected chi connectivity index (χ3v) is 8.02. The second-order valence-electron chi connectivity index (χ2n) is 10.0. The van der Waals surface area contributed by atoms with Crippen LogP contribution in [-0.2, 0) is 6.18 Å². The molecular weight excluding hydrogens is 560 g/mol. The van der Waals surface area contributed by atoms with Crippen molar-refractivity contribution in [1.29, 1.82) is 0 Å². The molecule has 5 atom stereocenters. The highest BCUT2D eigenvalue weighted by molar-refractivity contribution is 6.31. The number of halogens is 9. The van der Waals surface area contributed by atoms with E-state index in [1.165, 1.54) is 43.1 Å². The minimum Gasteiger partial charge on any atom is -0.373 e. The van der Waals surface area contributed by atoms with Crippen LogP contribution < -0.4 is 10.2 Å². The molecule has 0 bridgehead atoms. The molecular formula is C26H29Cl2F7N2O. The number of nitrogens with one attached hydrogen (secondary N) is 1. The SMILES string of the molecule is Cc1c(C(C)CNCCC(F)(F)F)cc(N(C)C(O)C2[C@@H](c3ccc(F)c(Cl)c3)C2(C)Cl)cc1C(F)(F)F. The molecule has 0 spiro atoms. The number of hydrogen-bond donors (Lipinski definition) is 2. The van der Waals surface area contributed by atoms with Gasteiger partial charge >= 0.3 is 12.4 Å². The monoisotopic (exact) mass is 588 g/mol. The lowest BCUT2D eigenvalue weighted by Gasteiger charge is -2.30. The van der Waals surface area contributed by atoms with Crippen molar-refractivity contribution in [2.75, 3.05) is 25.0 Å². The van der Waals surface area contributed by atoms with Crippen LogP contribution in [0, 0.1) is 18.7 Å². The van der Waals surface area contributed by atoms with Crippen LogP contribution in [0.1, 0.15) is 54.4 Å². The number of aliphatic hydroxyl groups excluding tert-OH is 1. The number of rotatable bonds is 9. The van der Waals surface area contributed by atoms with Crippen LogP contribution in [0.15, 0.2) is 30.3 Å². The predicted octanol–water partition coefficient (Wildman–Crippen LogP) is 7.62. The van der Waals surface area contributed by atoms with Crippen LogP contribution in [-0.4, -0.2) is 42.5 Å². The minimum absolute atomic E-state index is 0.0275. The molecule has 1 fully saturated rings. The Balaban J connectivity index is 1.88. The molecule has 2 aromatic carbocycles. The third-order valence-electron chi connectivity index (χ3n) is 7.24. The molecule has 4 unspecified atom stereocenters.